The Morgan fingerprint density at radius 1 is 1.08 bits per heavy atom. The van der Waals surface area contributed by atoms with Crippen molar-refractivity contribution >= 4 is 23.5 Å². The van der Waals surface area contributed by atoms with Crippen molar-refractivity contribution in [1.82, 2.24) is 10.2 Å². The molecule has 1 saturated heterocycles. The summed E-state index contributed by atoms with van der Waals surface area (Å²) in [6, 6.07) is 15.9. The zero-order chi connectivity index (χ0) is 17.9. The number of nitrogens with one attached hydrogen (secondary N) is 1. The van der Waals surface area contributed by atoms with Gasteiger partial charge < -0.3 is 10.1 Å². The summed E-state index contributed by atoms with van der Waals surface area (Å²) in [6.45, 7) is 2.29. The van der Waals surface area contributed by atoms with Crippen molar-refractivity contribution in [1.29, 1.82) is 0 Å². The highest BCUT2D eigenvalue weighted by Crippen LogP contribution is 2.32. The second kappa shape index (κ2) is 7.15. The van der Waals surface area contributed by atoms with Crippen molar-refractivity contribution in [3.05, 3.63) is 65.2 Å². The summed E-state index contributed by atoms with van der Waals surface area (Å²) in [5.41, 5.74) is -0.213. The minimum absolute atomic E-state index is 0.182. The van der Waals surface area contributed by atoms with Crippen molar-refractivity contribution in [2.45, 2.75) is 18.9 Å². The number of nitrogens with zero attached hydrogens (tertiary/aromatic N) is 1. The normalized spacial score (nSPS) is 19.8. The predicted octanol–water partition coefficient (Wildman–Crippen LogP) is 3.58. The first kappa shape index (κ1) is 17.3. The molecule has 1 atom stereocenters. The maximum atomic E-state index is 12.9. The third-order valence-electron chi connectivity index (χ3n) is 4.37. The van der Waals surface area contributed by atoms with Gasteiger partial charge in [-0.3, -0.25) is 9.69 Å². The highest BCUT2D eigenvalue weighted by Gasteiger charge is 2.50. The van der Waals surface area contributed by atoms with E-state index in [1.807, 2.05) is 37.3 Å². The maximum absolute atomic E-state index is 12.9. The van der Waals surface area contributed by atoms with Gasteiger partial charge in [0, 0.05) is 5.02 Å². The molecular weight excluding hydrogens is 340 g/mol. The van der Waals surface area contributed by atoms with E-state index in [2.05, 4.69) is 5.32 Å². The number of benzene rings is 2. The highest BCUT2D eigenvalue weighted by molar-refractivity contribution is 6.30. The molecule has 6 heteroatoms. The summed E-state index contributed by atoms with van der Waals surface area (Å²) in [6.07, 6.45) is 0.482. The predicted molar refractivity (Wildman–Crippen MR) is 95.6 cm³/mol. The minimum Gasteiger partial charge on any atom is -0.492 e. The van der Waals surface area contributed by atoms with Crippen LogP contribution < -0.4 is 10.1 Å². The maximum Gasteiger partial charge on any atom is 0.325 e. The standard InChI is InChI=1S/C19H19ClN2O3/c1-2-19(14-6-4-3-5-7-14)17(23)22(18(24)21-19)12-13-25-16-10-8-15(20)9-11-16/h3-11H,2,12-13H2,1H3,(H,21,24)/t19-/m1/s1. The van der Waals surface area contributed by atoms with Crippen LogP contribution in [0.5, 0.6) is 5.75 Å². The second-order valence-electron chi connectivity index (χ2n) is 5.81. The molecule has 1 aliphatic rings. The van der Waals surface area contributed by atoms with E-state index in [1.54, 1.807) is 24.3 Å². The lowest BCUT2D eigenvalue weighted by Gasteiger charge is -2.25. The fourth-order valence-electron chi connectivity index (χ4n) is 2.98. The van der Waals surface area contributed by atoms with Gasteiger partial charge >= 0.3 is 6.03 Å². The van der Waals surface area contributed by atoms with Crippen molar-refractivity contribution < 1.29 is 14.3 Å². The molecule has 1 fully saturated rings. The Bertz CT molecular complexity index is 764. The molecule has 1 N–H and O–H groups in total. The molecule has 130 valence electrons. The van der Waals surface area contributed by atoms with Crippen LogP contribution in [0.25, 0.3) is 0 Å². The van der Waals surface area contributed by atoms with Gasteiger partial charge in [0.2, 0.25) is 0 Å². The van der Waals surface area contributed by atoms with Gasteiger partial charge in [-0.1, -0.05) is 48.9 Å². The van der Waals surface area contributed by atoms with Gasteiger partial charge in [-0.25, -0.2) is 4.79 Å². The van der Waals surface area contributed by atoms with E-state index in [4.69, 9.17) is 16.3 Å². The number of urea groups is 1. The Hall–Kier alpha value is -2.53. The number of hydrogen-bond donors (Lipinski definition) is 1. The highest BCUT2D eigenvalue weighted by atomic mass is 35.5. The van der Waals surface area contributed by atoms with E-state index in [1.165, 1.54) is 4.90 Å². The fourth-order valence-corrected chi connectivity index (χ4v) is 3.10. The first-order valence-corrected chi connectivity index (χ1v) is 8.52. The number of ether oxygens (including phenoxy) is 1. The summed E-state index contributed by atoms with van der Waals surface area (Å²) in [5.74, 6) is 0.396. The van der Waals surface area contributed by atoms with E-state index in [-0.39, 0.29) is 19.1 Å². The van der Waals surface area contributed by atoms with Gasteiger partial charge in [0.25, 0.3) is 5.91 Å². The molecule has 0 aliphatic carbocycles. The molecule has 0 unspecified atom stereocenters. The van der Waals surface area contributed by atoms with Crippen molar-refractivity contribution in [2.75, 3.05) is 13.2 Å². The molecule has 2 aromatic carbocycles. The molecular formula is C19H19ClN2O3. The third kappa shape index (κ3) is 3.33. The van der Waals surface area contributed by atoms with Crippen molar-refractivity contribution in [3.8, 4) is 5.75 Å². The Balaban J connectivity index is 1.69. The number of halogens is 1. The Morgan fingerprint density at radius 3 is 2.40 bits per heavy atom. The average molecular weight is 359 g/mol. The number of carbonyl (C=O) groups excluding carboxylic acids is 2. The molecule has 0 spiro atoms. The van der Waals surface area contributed by atoms with Gasteiger partial charge in [-0.05, 0) is 36.2 Å². The molecule has 25 heavy (non-hydrogen) atoms. The van der Waals surface area contributed by atoms with E-state index >= 15 is 0 Å². The van der Waals surface area contributed by atoms with E-state index in [0.29, 0.717) is 17.2 Å². The molecule has 3 amide bonds. The smallest absolute Gasteiger partial charge is 0.325 e. The molecule has 0 radical (unpaired) electrons. The molecule has 3 rings (SSSR count). The quantitative estimate of drug-likeness (QED) is 0.803. The monoisotopic (exact) mass is 358 g/mol. The summed E-state index contributed by atoms with van der Waals surface area (Å²) in [5, 5.41) is 3.48. The van der Waals surface area contributed by atoms with Crippen molar-refractivity contribution in [2.24, 2.45) is 0 Å². The first-order chi connectivity index (χ1) is 12.1. The minimum atomic E-state index is -1.00. The molecule has 0 saturated carbocycles. The number of carbonyl (C=O) groups is 2. The molecule has 2 aromatic rings. The second-order valence-corrected chi connectivity index (χ2v) is 6.25. The summed E-state index contributed by atoms with van der Waals surface area (Å²) >= 11 is 5.83. The Kier molecular flexibility index (Phi) is 4.95. The lowest BCUT2D eigenvalue weighted by Crippen LogP contribution is -2.43. The number of rotatable bonds is 6. The Morgan fingerprint density at radius 2 is 1.76 bits per heavy atom. The van der Waals surface area contributed by atoms with Gasteiger partial charge in [0.1, 0.15) is 17.9 Å². The molecule has 1 heterocycles. The number of amides is 3. The third-order valence-corrected chi connectivity index (χ3v) is 4.62. The van der Waals surface area contributed by atoms with E-state index in [9.17, 15) is 9.59 Å². The van der Waals surface area contributed by atoms with Crippen LogP contribution in [0.3, 0.4) is 0 Å². The molecule has 0 bridgehead atoms. The van der Waals surface area contributed by atoms with Crippen molar-refractivity contribution in [3.63, 3.8) is 0 Å². The van der Waals surface area contributed by atoms with Crippen LogP contribution in [0.2, 0.25) is 5.02 Å². The lowest BCUT2D eigenvalue weighted by atomic mass is 9.87. The van der Waals surface area contributed by atoms with Gasteiger partial charge in [0.15, 0.2) is 0 Å². The van der Waals surface area contributed by atoms with Crippen LogP contribution >= 0.6 is 11.6 Å². The van der Waals surface area contributed by atoms with Gasteiger partial charge in [-0.2, -0.15) is 0 Å². The first-order valence-electron chi connectivity index (χ1n) is 8.15. The van der Waals surface area contributed by atoms with Crippen LogP contribution in [0.1, 0.15) is 18.9 Å². The average Bonchev–Trinajstić information content (AvgIpc) is 2.89. The van der Waals surface area contributed by atoms with Crippen LogP contribution in [0.4, 0.5) is 4.79 Å². The summed E-state index contributed by atoms with van der Waals surface area (Å²) in [4.78, 5) is 26.5. The Labute approximate surface area is 151 Å². The number of imide groups is 1. The zero-order valence-corrected chi connectivity index (χ0v) is 14.6. The van der Waals surface area contributed by atoms with Crippen LogP contribution in [0.15, 0.2) is 54.6 Å². The van der Waals surface area contributed by atoms with Gasteiger partial charge in [0.05, 0.1) is 6.54 Å². The largest absolute Gasteiger partial charge is 0.492 e. The SMILES string of the molecule is CC[C@]1(c2ccccc2)NC(=O)N(CCOc2ccc(Cl)cc2)C1=O. The molecule has 0 aromatic heterocycles. The molecule has 5 nitrogen and oxygen atoms in total. The lowest BCUT2D eigenvalue weighted by molar-refractivity contribution is -0.132. The zero-order valence-electron chi connectivity index (χ0n) is 13.9. The number of hydrogen-bond acceptors (Lipinski definition) is 3. The van der Waals surface area contributed by atoms with Crippen LogP contribution in [-0.4, -0.2) is 30.0 Å². The summed E-state index contributed by atoms with van der Waals surface area (Å²) < 4.78 is 5.59. The van der Waals surface area contributed by atoms with Gasteiger partial charge in [-0.15, -0.1) is 0 Å². The molecule has 1 aliphatic heterocycles. The topological polar surface area (TPSA) is 58.6 Å². The van der Waals surface area contributed by atoms with Crippen LogP contribution in [-0.2, 0) is 10.3 Å². The van der Waals surface area contributed by atoms with E-state index in [0.717, 1.165) is 5.56 Å². The fraction of sp³-hybridized carbons (Fsp3) is 0.263. The van der Waals surface area contributed by atoms with E-state index < -0.39 is 11.6 Å². The summed E-state index contributed by atoms with van der Waals surface area (Å²) in [7, 11) is 0. The van der Waals surface area contributed by atoms with Crippen LogP contribution in [0, 0.1) is 0 Å².